The molecule has 1 N–H and O–H groups in total. The van der Waals surface area contributed by atoms with Gasteiger partial charge < -0.3 is 15.1 Å². The van der Waals surface area contributed by atoms with Crippen molar-refractivity contribution in [2.45, 2.75) is 18.9 Å². The van der Waals surface area contributed by atoms with E-state index in [1.54, 1.807) is 0 Å². The number of amides is 2. The number of benzene rings is 1. The summed E-state index contributed by atoms with van der Waals surface area (Å²) in [6.45, 7) is 3.22. The fourth-order valence-electron chi connectivity index (χ4n) is 3.51. The lowest BCUT2D eigenvalue weighted by atomic mass is 10.0. The molecule has 1 aromatic carbocycles. The van der Waals surface area contributed by atoms with Crippen molar-refractivity contribution in [1.82, 2.24) is 15.2 Å². The number of carbonyl (C=O) groups excluding carboxylic acids is 1. The minimum absolute atomic E-state index is 0.0649. The van der Waals surface area contributed by atoms with E-state index in [9.17, 15) is 4.79 Å². The highest BCUT2D eigenvalue weighted by Crippen LogP contribution is 2.41. The standard InChI is InChI=1S/C20H24N4O/c25-20(22-19(17-6-7-17)16-4-2-1-3-5-16)24-14-12-23(13-15-24)18-8-10-21-11-9-18/h1-5,8-11,17,19H,6-7,12-15H2,(H,22,25). The van der Waals surface area contributed by atoms with E-state index in [0.717, 1.165) is 26.2 Å². The normalized spacial score (nSPS) is 18.7. The summed E-state index contributed by atoms with van der Waals surface area (Å²) in [6, 6.07) is 14.6. The molecular weight excluding hydrogens is 312 g/mol. The largest absolute Gasteiger partial charge is 0.368 e. The van der Waals surface area contributed by atoms with Crippen LogP contribution in [0.1, 0.15) is 24.4 Å². The van der Waals surface area contributed by atoms with Crippen molar-refractivity contribution < 1.29 is 4.79 Å². The highest BCUT2D eigenvalue weighted by molar-refractivity contribution is 5.75. The van der Waals surface area contributed by atoms with Gasteiger partial charge in [-0.25, -0.2) is 4.79 Å². The van der Waals surface area contributed by atoms with E-state index in [2.05, 4.69) is 27.3 Å². The van der Waals surface area contributed by atoms with Crippen molar-refractivity contribution in [1.29, 1.82) is 0 Å². The van der Waals surface area contributed by atoms with Crippen molar-refractivity contribution >= 4 is 11.7 Å². The molecule has 2 aliphatic rings. The zero-order chi connectivity index (χ0) is 17.1. The fraction of sp³-hybridized carbons (Fsp3) is 0.400. The molecule has 1 saturated carbocycles. The first-order valence-electron chi connectivity index (χ1n) is 9.06. The summed E-state index contributed by atoms with van der Waals surface area (Å²) in [5.74, 6) is 0.587. The van der Waals surface area contributed by atoms with Crippen LogP contribution in [0.3, 0.4) is 0 Å². The van der Waals surface area contributed by atoms with Crippen LogP contribution in [-0.4, -0.2) is 42.1 Å². The predicted molar refractivity (Wildman–Crippen MR) is 98.5 cm³/mol. The fourth-order valence-corrected chi connectivity index (χ4v) is 3.51. The van der Waals surface area contributed by atoms with E-state index in [4.69, 9.17) is 0 Å². The average Bonchev–Trinajstić information content (AvgIpc) is 3.52. The van der Waals surface area contributed by atoms with Crippen LogP contribution in [0.5, 0.6) is 0 Å². The lowest BCUT2D eigenvalue weighted by Gasteiger charge is -2.36. The summed E-state index contributed by atoms with van der Waals surface area (Å²) in [5.41, 5.74) is 2.39. The first kappa shape index (κ1) is 15.9. The molecule has 1 aliphatic heterocycles. The Balaban J connectivity index is 1.36. The second kappa shape index (κ2) is 7.13. The molecular formula is C20H24N4O. The number of hydrogen-bond donors (Lipinski definition) is 1. The summed E-state index contributed by atoms with van der Waals surface area (Å²) in [6.07, 6.45) is 6.04. The molecule has 25 heavy (non-hydrogen) atoms. The van der Waals surface area contributed by atoms with Gasteiger partial charge in [0.25, 0.3) is 0 Å². The van der Waals surface area contributed by atoms with Crippen molar-refractivity contribution in [3.63, 3.8) is 0 Å². The number of rotatable bonds is 4. The van der Waals surface area contributed by atoms with Gasteiger partial charge in [-0.05, 0) is 36.5 Å². The average molecular weight is 336 g/mol. The Bertz CT molecular complexity index is 694. The highest BCUT2D eigenvalue weighted by Gasteiger charge is 2.34. The molecule has 4 rings (SSSR count). The number of nitrogens with one attached hydrogen (secondary N) is 1. The van der Waals surface area contributed by atoms with Gasteiger partial charge in [0.1, 0.15) is 0 Å². The van der Waals surface area contributed by atoms with Crippen LogP contribution in [0.4, 0.5) is 10.5 Å². The van der Waals surface area contributed by atoms with Crippen LogP contribution in [-0.2, 0) is 0 Å². The topological polar surface area (TPSA) is 48.5 Å². The number of hydrogen-bond acceptors (Lipinski definition) is 3. The molecule has 5 nitrogen and oxygen atoms in total. The SMILES string of the molecule is O=C(NC(c1ccccc1)C1CC1)N1CCN(c2ccncc2)CC1. The Morgan fingerprint density at radius 1 is 1.00 bits per heavy atom. The Morgan fingerprint density at radius 3 is 2.32 bits per heavy atom. The number of pyridine rings is 1. The molecule has 0 radical (unpaired) electrons. The summed E-state index contributed by atoms with van der Waals surface area (Å²) >= 11 is 0. The Morgan fingerprint density at radius 2 is 1.68 bits per heavy atom. The van der Waals surface area contributed by atoms with Gasteiger partial charge in [-0.1, -0.05) is 30.3 Å². The van der Waals surface area contributed by atoms with Gasteiger partial charge in [-0.15, -0.1) is 0 Å². The molecule has 2 fully saturated rings. The predicted octanol–water partition coefficient (Wildman–Crippen LogP) is 3.06. The third kappa shape index (κ3) is 3.76. The minimum atomic E-state index is 0.0649. The Kier molecular flexibility index (Phi) is 4.55. The summed E-state index contributed by atoms with van der Waals surface area (Å²) < 4.78 is 0. The highest BCUT2D eigenvalue weighted by atomic mass is 16.2. The third-order valence-electron chi connectivity index (χ3n) is 5.13. The molecule has 2 amide bonds. The monoisotopic (exact) mass is 336 g/mol. The van der Waals surface area contributed by atoms with Crippen molar-refractivity contribution in [3.05, 3.63) is 60.4 Å². The Hall–Kier alpha value is -2.56. The zero-order valence-corrected chi connectivity index (χ0v) is 14.3. The van der Waals surface area contributed by atoms with E-state index in [1.807, 2.05) is 47.6 Å². The molecule has 2 aromatic rings. The van der Waals surface area contributed by atoms with Gasteiger partial charge >= 0.3 is 6.03 Å². The van der Waals surface area contributed by atoms with Crippen LogP contribution in [0.25, 0.3) is 0 Å². The van der Waals surface area contributed by atoms with Crippen LogP contribution in [0.15, 0.2) is 54.9 Å². The smallest absolute Gasteiger partial charge is 0.318 e. The maximum atomic E-state index is 12.7. The van der Waals surface area contributed by atoms with Gasteiger partial charge in [-0.3, -0.25) is 4.98 Å². The van der Waals surface area contributed by atoms with Crippen molar-refractivity contribution in [3.8, 4) is 0 Å². The molecule has 130 valence electrons. The second-order valence-electron chi connectivity index (χ2n) is 6.85. The van der Waals surface area contributed by atoms with Gasteiger partial charge in [-0.2, -0.15) is 0 Å². The summed E-state index contributed by atoms with van der Waals surface area (Å²) in [7, 11) is 0. The van der Waals surface area contributed by atoms with E-state index >= 15 is 0 Å². The maximum Gasteiger partial charge on any atom is 0.318 e. The number of piperazine rings is 1. The van der Waals surface area contributed by atoms with Gasteiger partial charge in [0.2, 0.25) is 0 Å². The molecule has 5 heteroatoms. The molecule has 1 unspecified atom stereocenters. The molecule has 0 bridgehead atoms. The second-order valence-corrected chi connectivity index (χ2v) is 6.85. The number of nitrogens with zero attached hydrogens (tertiary/aromatic N) is 3. The Labute approximate surface area is 148 Å². The first-order valence-corrected chi connectivity index (χ1v) is 9.06. The van der Waals surface area contributed by atoms with Gasteiger partial charge in [0, 0.05) is 44.3 Å². The van der Waals surface area contributed by atoms with Crippen LogP contribution >= 0.6 is 0 Å². The number of anilines is 1. The van der Waals surface area contributed by atoms with E-state index in [-0.39, 0.29) is 12.1 Å². The van der Waals surface area contributed by atoms with Crippen molar-refractivity contribution in [2.75, 3.05) is 31.1 Å². The lowest BCUT2D eigenvalue weighted by molar-refractivity contribution is 0.189. The number of carbonyl (C=O) groups is 1. The van der Waals surface area contributed by atoms with Gasteiger partial charge in [0.05, 0.1) is 6.04 Å². The quantitative estimate of drug-likeness (QED) is 0.933. The summed E-state index contributed by atoms with van der Waals surface area (Å²) in [5, 5.41) is 3.28. The van der Waals surface area contributed by atoms with Crippen LogP contribution < -0.4 is 10.2 Å². The maximum absolute atomic E-state index is 12.7. The number of urea groups is 1. The van der Waals surface area contributed by atoms with E-state index in [1.165, 1.54) is 24.1 Å². The number of aromatic nitrogens is 1. The summed E-state index contributed by atoms with van der Waals surface area (Å²) in [4.78, 5) is 21.1. The van der Waals surface area contributed by atoms with Crippen molar-refractivity contribution in [2.24, 2.45) is 5.92 Å². The third-order valence-corrected chi connectivity index (χ3v) is 5.13. The lowest BCUT2D eigenvalue weighted by Crippen LogP contribution is -2.52. The van der Waals surface area contributed by atoms with E-state index < -0.39 is 0 Å². The first-order chi connectivity index (χ1) is 12.3. The molecule has 1 aromatic heterocycles. The van der Waals surface area contributed by atoms with Gasteiger partial charge in [0.15, 0.2) is 0 Å². The molecule has 2 heterocycles. The van der Waals surface area contributed by atoms with E-state index in [0.29, 0.717) is 5.92 Å². The molecule has 1 aliphatic carbocycles. The van der Waals surface area contributed by atoms with Crippen LogP contribution in [0, 0.1) is 5.92 Å². The minimum Gasteiger partial charge on any atom is -0.368 e. The molecule has 1 saturated heterocycles. The van der Waals surface area contributed by atoms with Crippen LogP contribution in [0.2, 0.25) is 0 Å². The zero-order valence-electron chi connectivity index (χ0n) is 14.3. The molecule has 0 spiro atoms. The molecule has 1 atom stereocenters.